The van der Waals surface area contributed by atoms with Gasteiger partial charge in [0.25, 0.3) is 0 Å². The Hall–Kier alpha value is -1.88. The largest absolute Gasteiger partial charge is 0.508 e. The monoisotopic (exact) mass is 237 g/mol. The molecule has 1 aromatic rings. The molecule has 0 spiro atoms. The molecule has 0 aromatic heterocycles. The van der Waals surface area contributed by atoms with Crippen molar-refractivity contribution in [1.29, 1.82) is 0 Å². The number of carboxylic acid groups (broad SMARTS) is 1. The van der Waals surface area contributed by atoms with E-state index in [0.717, 1.165) is 0 Å². The molecule has 0 fully saturated rings. The molecule has 1 unspecified atom stereocenters. The molecule has 5 heteroatoms. The third-order valence-electron chi connectivity index (χ3n) is 2.84. The van der Waals surface area contributed by atoms with Crippen LogP contribution in [0, 0.1) is 0 Å². The van der Waals surface area contributed by atoms with Crippen LogP contribution in [0.3, 0.4) is 0 Å². The lowest BCUT2D eigenvalue weighted by molar-refractivity contribution is -0.152. The SMILES string of the molecule is CN(C)C(CC=O)(C(=O)O)c1ccc(O)cc1. The minimum atomic E-state index is -1.39. The van der Waals surface area contributed by atoms with E-state index in [1.54, 1.807) is 14.1 Å². The maximum atomic E-state index is 11.5. The van der Waals surface area contributed by atoms with E-state index in [4.69, 9.17) is 0 Å². The molecule has 0 aliphatic rings. The van der Waals surface area contributed by atoms with Gasteiger partial charge in [0.15, 0.2) is 5.54 Å². The predicted molar refractivity (Wildman–Crippen MR) is 61.8 cm³/mol. The number of carbonyl (C=O) groups is 2. The van der Waals surface area contributed by atoms with Crippen molar-refractivity contribution in [3.8, 4) is 5.75 Å². The van der Waals surface area contributed by atoms with Crippen molar-refractivity contribution in [2.45, 2.75) is 12.0 Å². The summed E-state index contributed by atoms with van der Waals surface area (Å²) in [6.07, 6.45) is 0.432. The van der Waals surface area contributed by atoms with Crippen LogP contribution in [-0.4, -0.2) is 41.5 Å². The number of aldehydes is 1. The van der Waals surface area contributed by atoms with Crippen LogP contribution in [0.4, 0.5) is 0 Å². The van der Waals surface area contributed by atoms with E-state index >= 15 is 0 Å². The lowest BCUT2D eigenvalue weighted by Crippen LogP contribution is -2.48. The molecule has 0 aliphatic carbocycles. The number of aliphatic carboxylic acids is 1. The normalized spacial score (nSPS) is 14.3. The number of carboxylic acids is 1. The summed E-state index contributed by atoms with van der Waals surface area (Å²) in [6, 6.07) is 5.82. The van der Waals surface area contributed by atoms with Crippen molar-refractivity contribution in [2.24, 2.45) is 0 Å². The first-order valence-corrected chi connectivity index (χ1v) is 5.09. The molecule has 17 heavy (non-hydrogen) atoms. The molecular weight excluding hydrogens is 222 g/mol. The van der Waals surface area contributed by atoms with Gasteiger partial charge in [-0.25, -0.2) is 4.79 Å². The van der Waals surface area contributed by atoms with Crippen molar-refractivity contribution in [1.82, 2.24) is 4.90 Å². The van der Waals surface area contributed by atoms with Gasteiger partial charge in [0.1, 0.15) is 12.0 Å². The highest BCUT2D eigenvalue weighted by molar-refractivity contribution is 5.84. The number of hydrogen-bond acceptors (Lipinski definition) is 4. The lowest BCUT2D eigenvalue weighted by Gasteiger charge is -2.34. The second-order valence-corrected chi connectivity index (χ2v) is 3.98. The van der Waals surface area contributed by atoms with Crippen LogP contribution in [-0.2, 0) is 15.1 Å². The summed E-state index contributed by atoms with van der Waals surface area (Å²) in [5.74, 6) is -1.04. The molecule has 5 nitrogen and oxygen atoms in total. The summed E-state index contributed by atoms with van der Waals surface area (Å²) in [7, 11) is 3.20. The summed E-state index contributed by atoms with van der Waals surface area (Å²) in [6.45, 7) is 0. The zero-order valence-corrected chi connectivity index (χ0v) is 9.75. The minimum Gasteiger partial charge on any atom is -0.508 e. The fourth-order valence-electron chi connectivity index (χ4n) is 1.82. The molecule has 0 aliphatic heterocycles. The number of phenols is 1. The number of aromatic hydroxyl groups is 1. The maximum Gasteiger partial charge on any atom is 0.329 e. The Kier molecular flexibility index (Phi) is 3.85. The molecule has 2 N–H and O–H groups in total. The number of carbonyl (C=O) groups excluding carboxylic acids is 1. The number of hydrogen-bond donors (Lipinski definition) is 2. The van der Waals surface area contributed by atoms with Crippen LogP contribution in [0.15, 0.2) is 24.3 Å². The lowest BCUT2D eigenvalue weighted by atomic mass is 9.86. The summed E-state index contributed by atoms with van der Waals surface area (Å²) >= 11 is 0. The van der Waals surface area contributed by atoms with E-state index in [-0.39, 0.29) is 12.2 Å². The fraction of sp³-hybridized carbons (Fsp3) is 0.333. The molecular formula is C12H15NO4. The van der Waals surface area contributed by atoms with E-state index in [0.29, 0.717) is 11.8 Å². The van der Waals surface area contributed by atoms with Gasteiger partial charge in [0.05, 0.1) is 0 Å². The Morgan fingerprint density at radius 3 is 2.24 bits per heavy atom. The third kappa shape index (κ3) is 2.29. The maximum absolute atomic E-state index is 11.5. The molecule has 0 saturated carbocycles. The Balaban J connectivity index is 3.35. The van der Waals surface area contributed by atoms with Gasteiger partial charge in [0.2, 0.25) is 0 Å². The first-order valence-electron chi connectivity index (χ1n) is 5.09. The quantitative estimate of drug-likeness (QED) is 0.741. The second-order valence-electron chi connectivity index (χ2n) is 3.98. The Morgan fingerprint density at radius 2 is 1.88 bits per heavy atom. The number of rotatable bonds is 5. The number of benzene rings is 1. The zero-order chi connectivity index (χ0) is 13.1. The van der Waals surface area contributed by atoms with E-state index in [1.165, 1.54) is 29.2 Å². The van der Waals surface area contributed by atoms with Gasteiger partial charge in [-0.2, -0.15) is 0 Å². The minimum absolute atomic E-state index is 0.0536. The summed E-state index contributed by atoms with van der Waals surface area (Å²) in [5.41, 5.74) is -0.935. The van der Waals surface area contributed by atoms with Crippen molar-refractivity contribution in [2.75, 3.05) is 14.1 Å². The topological polar surface area (TPSA) is 77.8 Å². The van der Waals surface area contributed by atoms with Crippen LogP contribution in [0.1, 0.15) is 12.0 Å². The third-order valence-corrected chi connectivity index (χ3v) is 2.84. The molecule has 1 aromatic carbocycles. The van der Waals surface area contributed by atoms with E-state index < -0.39 is 11.5 Å². The Bertz CT molecular complexity index is 413. The predicted octanol–water partition coefficient (Wildman–Crippen LogP) is 0.823. The molecule has 0 amide bonds. The Labute approximate surface area is 99.3 Å². The van der Waals surface area contributed by atoms with Gasteiger partial charge in [-0.1, -0.05) is 12.1 Å². The summed E-state index contributed by atoms with van der Waals surface area (Å²) < 4.78 is 0. The first kappa shape index (κ1) is 13.2. The van der Waals surface area contributed by atoms with Crippen molar-refractivity contribution in [3.05, 3.63) is 29.8 Å². The van der Waals surface area contributed by atoms with Crippen molar-refractivity contribution >= 4 is 12.3 Å². The van der Waals surface area contributed by atoms with Crippen molar-refractivity contribution in [3.63, 3.8) is 0 Å². The van der Waals surface area contributed by atoms with Gasteiger partial charge in [-0.15, -0.1) is 0 Å². The molecule has 92 valence electrons. The first-order chi connectivity index (χ1) is 7.95. The number of likely N-dealkylation sites (N-methyl/N-ethyl adjacent to an activating group) is 1. The van der Waals surface area contributed by atoms with Crippen LogP contribution in [0.5, 0.6) is 5.75 Å². The van der Waals surface area contributed by atoms with E-state index in [2.05, 4.69) is 0 Å². The highest BCUT2D eigenvalue weighted by Gasteiger charge is 2.42. The van der Waals surface area contributed by atoms with E-state index in [1.807, 2.05) is 0 Å². The van der Waals surface area contributed by atoms with Gasteiger partial charge in [-0.05, 0) is 31.8 Å². The standard InChI is InChI=1S/C12H15NO4/c1-13(2)12(7-8-14,11(16)17)9-3-5-10(15)6-4-9/h3-6,8,15H,7H2,1-2H3,(H,16,17). The highest BCUT2D eigenvalue weighted by atomic mass is 16.4. The average molecular weight is 237 g/mol. The number of nitrogens with zero attached hydrogens (tertiary/aromatic N) is 1. The van der Waals surface area contributed by atoms with Gasteiger partial charge in [0, 0.05) is 6.42 Å². The van der Waals surface area contributed by atoms with Crippen LogP contribution in [0.2, 0.25) is 0 Å². The smallest absolute Gasteiger partial charge is 0.329 e. The molecule has 0 heterocycles. The van der Waals surface area contributed by atoms with Gasteiger partial charge >= 0.3 is 5.97 Å². The fourth-order valence-corrected chi connectivity index (χ4v) is 1.82. The van der Waals surface area contributed by atoms with E-state index in [9.17, 15) is 19.8 Å². The molecule has 0 bridgehead atoms. The summed E-state index contributed by atoms with van der Waals surface area (Å²) in [5, 5.41) is 18.6. The van der Waals surface area contributed by atoms with Crippen molar-refractivity contribution < 1.29 is 19.8 Å². The van der Waals surface area contributed by atoms with Crippen LogP contribution in [0.25, 0.3) is 0 Å². The van der Waals surface area contributed by atoms with Gasteiger partial charge in [-0.3, -0.25) is 4.90 Å². The van der Waals surface area contributed by atoms with Crippen LogP contribution < -0.4 is 0 Å². The highest BCUT2D eigenvalue weighted by Crippen LogP contribution is 2.31. The second kappa shape index (κ2) is 4.97. The van der Waals surface area contributed by atoms with Crippen LogP contribution >= 0.6 is 0 Å². The number of phenolic OH excluding ortho intramolecular Hbond substituents is 1. The van der Waals surface area contributed by atoms with Gasteiger partial charge < -0.3 is 15.0 Å². The average Bonchev–Trinajstić information content (AvgIpc) is 2.26. The zero-order valence-electron chi connectivity index (χ0n) is 9.75. The molecule has 0 radical (unpaired) electrons. The summed E-state index contributed by atoms with van der Waals surface area (Å²) in [4.78, 5) is 23.7. The molecule has 1 atom stereocenters. The molecule has 0 saturated heterocycles. The Morgan fingerprint density at radius 1 is 1.35 bits per heavy atom. The molecule has 1 rings (SSSR count).